The molecule has 0 amide bonds. The minimum atomic E-state index is -1.88. The normalized spacial score (nSPS) is 13.5. The van der Waals surface area contributed by atoms with Crippen molar-refractivity contribution in [3.05, 3.63) is 44.8 Å². The first-order valence-electron chi connectivity index (χ1n) is 5.62. The van der Waals surface area contributed by atoms with E-state index in [0.29, 0.717) is 0 Å². The SMILES string of the molecule is O=C(O)[CH]([Zn][CH](C(=O)O)c1cccs1)c1cccs1. The molecular formula is C12H10O4S2Zn. The summed E-state index contributed by atoms with van der Waals surface area (Å²) in [5.74, 6) is -1.80. The summed E-state index contributed by atoms with van der Waals surface area (Å²) >= 11 is 0.895. The van der Waals surface area contributed by atoms with Crippen molar-refractivity contribution in [2.45, 2.75) is 9.02 Å². The number of hydrogen-bond donors (Lipinski definition) is 2. The average molecular weight is 348 g/mol. The molecule has 0 spiro atoms. The Balaban J connectivity index is 2.24. The van der Waals surface area contributed by atoms with Crippen LogP contribution in [-0.2, 0) is 26.7 Å². The molecule has 0 aliphatic heterocycles. The van der Waals surface area contributed by atoms with E-state index in [2.05, 4.69) is 0 Å². The first kappa shape index (κ1) is 14.4. The molecule has 0 aromatic carbocycles. The van der Waals surface area contributed by atoms with Gasteiger partial charge in [-0.15, -0.1) is 0 Å². The number of aliphatic carboxylic acids is 2. The van der Waals surface area contributed by atoms with Crippen LogP contribution in [0.5, 0.6) is 0 Å². The second kappa shape index (κ2) is 6.41. The Bertz CT molecular complexity index is 500. The molecule has 2 N–H and O–H groups in total. The topological polar surface area (TPSA) is 74.6 Å². The maximum absolute atomic E-state index is 11.4. The first-order chi connectivity index (χ1) is 9.09. The first-order valence-corrected chi connectivity index (χ1v) is 10.8. The Morgan fingerprint density at radius 2 is 1.37 bits per heavy atom. The Labute approximate surface area is 125 Å². The van der Waals surface area contributed by atoms with Gasteiger partial charge >= 0.3 is 125 Å². The number of thiophene rings is 2. The fraction of sp³-hybridized carbons (Fsp3) is 0.167. The quantitative estimate of drug-likeness (QED) is 0.788. The second-order valence-corrected chi connectivity index (χ2v) is 10.4. The molecule has 0 aliphatic rings. The molecule has 2 aromatic rings. The number of rotatable bonds is 6. The van der Waals surface area contributed by atoms with E-state index in [-0.39, 0.29) is 0 Å². The van der Waals surface area contributed by atoms with E-state index in [0.717, 1.165) is 9.75 Å². The molecule has 4 nitrogen and oxygen atoms in total. The van der Waals surface area contributed by atoms with Gasteiger partial charge in [-0.25, -0.2) is 0 Å². The van der Waals surface area contributed by atoms with E-state index < -0.39 is 38.1 Å². The summed E-state index contributed by atoms with van der Waals surface area (Å²) in [5, 5.41) is 22.3. The zero-order chi connectivity index (χ0) is 13.8. The third-order valence-corrected chi connectivity index (χ3v) is 11.3. The summed E-state index contributed by atoms with van der Waals surface area (Å²) in [6.07, 6.45) is 0. The van der Waals surface area contributed by atoms with Gasteiger partial charge in [0.15, 0.2) is 0 Å². The number of hydrogen-bond acceptors (Lipinski definition) is 4. The standard InChI is InChI=1S/2C6H5O2S.Zn/c2*7-6(8)4-5-2-1-3-9-5;/h2*1-4H,(H,7,8);. The van der Waals surface area contributed by atoms with E-state index >= 15 is 0 Å². The van der Waals surface area contributed by atoms with Crippen molar-refractivity contribution in [1.29, 1.82) is 0 Å². The van der Waals surface area contributed by atoms with Crippen molar-refractivity contribution in [1.82, 2.24) is 0 Å². The molecular weight excluding hydrogens is 338 g/mol. The van der Waals surface area contributed by atoms with Gasteiger partial charge in [-0.1, -0.05) is 0 Å². The van der Waals surface area contributed by atoms with Gasteiger partial charge in [0.1, 0.15) is 0 Å². The molecule has 2 atom stereocenters. The molecule has 2 aromatic heterocycles. The van der Waals surface area contributed by atoms with Crippen LogP contribution in [0.3, 0.4) is 0 Å². The zero-order valence-corrected chi connectivity index (χ0v) is 14.5. The van der Waals surface area contributed by atoms with Gasteiger partial charge in [0.25, 0.3) is 0 Å². The van der Waals surface area contributed by atoms with Crippen LogP contribution in [0.1, 0.15) is 18.8 Å². The maximum atomic E-state index is 11.4. The van der Waals surface area contributed by atoms with Crippen molar-refractivity contribution in [2.75, 3.05) is 0 Å². The summed E-state index contributed by atoms with van der Waals surface area (Å²) < 4.78 is -1.17. The van der Waals surface area contributed by atoms with Crippen molar-refractivity contribution in [2.24, 2.45) is 0 Å². The molecule has 96 valence electrons. The zero-order valence-electron chi connectivity index (χ0n) is 9.85. The minimum absolute atomic E-state index is 0.587. The fourth-order valence-electron chi connectivity index (χ4n) is 1.89. The van der Waals surface area contributed by atoms with Crippen molar-refractivity contribution in [3.8, 4) is 0 Å². The van der Waals surface area contributed by atoms with Crippen molar-refractivity contribution < 1.29 is 36.9 Å². The molecule has 2 heterocycles. The number of carbonyl (C=O) groups is 2. The van der Waals surface area contributed by atoms with E-state index in [1.54, 1.807) is 24.3 Å². The van der Waals surface area contributed by atoms with Gasteiger partial charge in [-0.05, 0) is 0 Å². The third-order valence-electron chi connectivity index (χ3n) is 2.84. The second-order valence-electron chi connectivity index (χ2n) is 4.05. The van der Waals surface area contributed by atoms with Crippen LogP contribution in [0.2, 0.25) is 0 Å². The predicted molar refractivity (Wildman–Crippen MR) is 69.4 cm³/mol. The Morgan fingerprint density at radius 1 is 0.947 bits per heavy atom. The van der Waals surface area contributed by atoms with Gasteiger partial charge in [0, 0.05) is 0 Å². The summed E-state index contributed by atoms with van der Waals surface area (Å²) in [6, 6.07) is 7.17. The molecule has 0 saturated carbocycles. The molecule has 0 bridgehead atoms. The molecule has 0 fully saturated rings. The van der Waals surface area contributed by atoms with Crippen LogP contribution in [-0.4, -0.2) is 22.2 Å². The molecule has 19 heavy (non-hydrogen) atoms. The van der Waals surface area contributed by atoms with E-state index in [1.807, 2.05) is 10.8 Å². The number of carboxylic acids is 2. The van der Waals surface area contributed by atoms with E-state index in [9.17, 15) is 19.8 Å². The van der Waals surface area contributed by atoms with Gasteiger partial charge < -0.3 is 0 Å². The fourth-order valence-corrected chi connectivity index (χ4v) is 8.96. The Kier molecular flexibility index (Phi) is 4.85. The summed E-state index contributed by atoms with van der Waals surface area (Å²) in [7, 11) is 0. The summed E-state index contributed by atoms with van der Waals surface area (Å²) in [5.41, 5.74) is 0. The van der Waals surface area contributed by atoms with Gasteiger partial charge in [-0.3, -0.25) is 0 Å². The van der Waals surface area contributed by atoms with Crippen LogP contribution < -0.4 is 0 Å². The third kappa shape index (κ3) is 3.50. The van der Waals surface area contributed by atoms with Crippen molar-refractivity contribution >= 4 is 34.6 Å². The molecule has 0 radical (unpaired) electrons. The van der Waals surface area contributed by atoms with Gasteiger partial charge in [-0.2, -0.15) is 0 Å². The molecule has 0 aliphatic carbocycles. The Hall–Kier alpha value is -1.04. The monoisotopic (exact) mass is 346 g/mol. The van der Waals surface area contributed by atoms with Crippen molar-refractivity contribution in [3.63, 3.8) is 0 Å². The summed E-state index contributed by atoms with van der Waals surface area (Å²) in [4.78, 5) is 24.3. The predicted octanol–water partition coefficient (Wildman–Crippen LogP) is 2.84. The van der Waals surface area contributed by atoms with Crippen LogP contribution >= 0.6 is 22.7 Å². The van der Waals surface area contributed by atoms with Crippen LogP contribution in [0.4, 0.5) is 0 Å². The van der Waals surface area contributed by atoms with Gasteiger partial charge in [0.05, 0.1) is 0 Å². The Morgan fingerprint density at radius 3 is 1.63 bits per heavy atom. The molecule has 2 rings (SSSR count). The van der Waals surface area contributed by atoms with Crippen LogP contribution in [0.25, 0.3) is 0 Å². The van der Waals surface area contributed by atoms with Crippen LogP contribution in [0, 0.1) is 0 Å². The van der Waals surface area contributed by atoms with Gasteiger partial charge in [0.2, 0.25) is 0 Å². The van der Waals surface area contributed by atoms with E-state index in [1.165, 1.54) is 22.7 Å². The molecule has 2 unspecified atom stereocenters. The van der Waals surface area contributed by atoms with Crippen LogP contribution in [0.15, 0.2) is 35.0 Å². The summed E-state index contributed by atoms with van der Waals surface area (Å²) in [6.45, 7) is 0. The average Bonchev–Trinajstić information content (AvgIpc) is 3.00. The van der Waals surface area contributed by atoms with E-state index in [4.69, 9.17) is 0 Å². The number of carboxylic acid groups (broad SMARTS) is 2. The molecule has 7 heteroatoms. The molecule has 0 saturated heterocycles.